The third kappa shape index (κ3) is 3.55. The number of piperidine rings is 1. The number of hydrogen-bond donors (Lipinski definition) is 1. The van der Waals surface area contributed by atoms with E-state index in [-0.39, 0.29) is 0 Å². The van der Waals surface area contributed by atoms with E-state index in [1.54, 1.807) is 6.92 Å². The Morgan fingerprint density at radius 2 is 1.76 bits per heavy atom. The SMILES string of the molecule is C[C@H](O)c1cccc(N2CCC(N3CCc4ccccc4C3)CC2)n1. The molecule has 0 aliphatic carbocycles. The van der Waals surface area contributed by atoms with Crippen molar-refractivity contribution < 1.29 is 5.11 Å². The molecule has 1 atom stereocenters. The molecule has 0 unspecified atom stereocenters. The fourth-order valence-electron chi connectivity index (χ4n) is 4.14. The van der Waals surface area contributed by atoms with Gasteiger partial charge in [0.1, 0.15) is 5.82 Å². The summed E-state index contributed by atoms with van der Waals surface area (Å²) in [5.41, 5.74) is 3.78. The lowest BCUT2D eigenvalue weighted by molar-refractivity contribution is 0.153. The number of anilines is 1. The van der Waals surface area contributed by atoms with Gasteiger partial charge in [-0.1, -0.05) is 30.3 Å². The van der Waals surface area contributed by atoms with Crippen molar-refractivity contribution in [3.8, 4) is 0 Å². The molecule has 1 fully saturated rings. The molecule has 4 nitrogen and oxygen atoms in total. The van der Waals surface area contributed by atoms with Crippen molar-refractivity contribution in [3.63, 3.8) is 0 Å². The maximum absolute atomic E-state index is 9.75. The second-order valence-corrected chi connectivity index (χ2v) is 7.30. The highest BCUT2D eigenvalue weighted by atomic mass is 16.3. The Morgan fingerprint density at radius 3 is 2.52 bits per heavy atom. The van der Waals surface area contributed by atoms with Crippen LogP contribution in [0.1, 0.15) is 42.7 Å². The zero-order chi connectivity index (χ0) is 17.2. The first kappa shape index (κ1) is 16.6. The molecule has 3 heterocycles. The Bertz CT molecular complexity index is 723. The van der Waals surface area contributed by atoms with Crippen LogP contribution in [0.25, 0.3) is 0 Å². The lowest BCUT2D eigenvalue weighted by atomic mass is 9.95. The number of benzene rings is 1. The van der Waals surface area contributed by atoms with Crippen LogP contribution < -0.4 is 4.90 Å². The number of aromatic nitrogens is 1. The average Bonchev–Trinajstić information content (AvgIpc) is 2.68. The van der Waals surface area contributed by atoms with Crippen LogP contribution in [0.3, 0.4) is 0 Å². The quantitative estimate of drug-likeness (QED) is 0.934. The lowest BCUT2D eigenvalue weighted by Gasteiger charge is -2.41. The lowest BCUT2D eigenvalue weighted by Crippen LogP contribution is -2.46. The van der Waals surface area contributed by atoms with Gasteiger partial charge in [0.15, 0.2) is 0 Å². The summed E-state index contributed by atoms with van der Waals surface area (Å²) in [6.45, 7) is 6.12. The van der Waals surface area contributed by atoms with Crippen molar-refractivity contribution in [1.29, 1.82) is 0 Å². The molecule has 1 saturated heterocycles. The second-order valence-electron chi connectivity index (χ2n) is 7.30. The van der Waals surface area contributed by atoms with E-state index in [1.165, 1.54) is 36.9 Å². The van der Waals surface area contributed by atoms with E-state index in [2.05, 4.69) is 45.1 Å². The fourth-order valence-corrected chi connectivity index (χ4v) is 4.14. The first-order valence-electron chi connectivity index (χ1n) is 9.41. The van der Waals surface area contributed by atoms with Gasteiger partial charge < -0.3 is 10.0 Å². The van der Waals surface area contributed by atoms with Crippen LogP contribution in [0.5, 0.6) is 0 Å². The number of hydrogen-bond acceptors (Lipinski definition) is 4. The maximum atomic E-state index is 9.75. The normalized spacial score (nSPS) is 20.3. The van der Waals surface area contributed by atoms with E-state index in [0.717, 1.165) is 31.1 Å². The second kappa shape index (κ2) is 7.14. The first-order chi connectivity index (χ1) is 12.2. The van der Waals surface area contributed by atoms with Crippen LogP contribution >= 0.6 is 0 Å². The molecule has 4 heteroatoms. The summed E-state index contributed by atoms with van der Waals surface area (Å²) in [6.07, 6.45) is 3.03. The molecule has 0 radical (unpaired) electrons. The first-order valence-corrected chi connectivity index (χ1v) is 9.41. The summed E-state index contributed by atoms with van der Waals surface area (Å²) >= 11 is 0. The minimum atomic E-state index is -0.508. The highest BCUT2D eigenvalue weighted by molar-refractivity contribution is 5.40. The van der Waals surface area contributed by atoms with Crippen LogP contribution in [0, 0.1) is 0 Å². The van der Waals surface area contributed by atoms with Crippen LogP contribution in [0.4, 0.5) is 5.82 Å². The van der Waals surface area contributed by atoms with Crippen molar-refractivity contribution in [3.05, 3.63) is 59.3 Å². The van der Waals surface area contributed by atoms with Gasteiger partial charge in [-0.2, -0.15) is 0 Å². The summed E-state index contributed by atoms with van der Waals surface area (Å²) in [6, 6.07) is 15.5. The van der Waals surface area contributed by atoms with Crippen molar-refractivity contribution in [1.82, 2.24) is 9.88 Å². The van der Waals surface area contributed by atoms with E-state index in [4.69, 9.17) is 0 Å². The molecule has 0 amide bonds. The summed E-state index contributed by atoms with van der Waals surface area (Å²) in [5.74, 6) is 1.00. The van der Waals surface area contributed by atoms with Crippen LogP contribution in [0.2, 0.25) is 0 Å². The van der Waals surface area contributed by atoms with Crippen molar-refractivity contribution in [2.75, 3.05) is 24.5 Å². The molecule has 1 aromatic heterocycles. The molecule has 0 spiro atoms. The van der Waals surface area contributed by atoms with E-state index in [1.807, 2.05) is 12.1 Å². The molecule has 132 valence electrons. The molecular weight excluding hydrogens is 310 g/mol. The van der Waals surface area contributed by atoms with E-state index in [0.29, 0.717) is 6.04 Å². The van der Waals surface area contributed by atoms with Gasteiger partial charge in [0, 0.05) is 32.2 Å². The van der Waals surface area contributed by atoms with E-state index in [9.17, 15) is 5.11 Å². The molecule has 2 aromatic rings. The summed E-state index contributed by atoms with van der Waals surface area (Å²) in [7, 11) is 0. The number of nitrogens with zero attached hydrogens (tertiary/aromatic N) is 3. The number of fused-ring (bicyclic) bond motifs is 1. The van der Waals surface area contributed by atoms with Gasteiger partial charge in [-0.25, -0.2) is 4.98 Å². The molecule has 0 bridgehead atoms. The van der Waals surface area contributed by atoms with Gasteiger partial charge >= 0.3 is 0 Å². The molecule has 2 aliphatic heterocycles. The van der Waals surface area contributed by atoms with Gasteiger partial charge in [0.2, 0.25) is 0 Å². The Balaban J connectivity index is 1.38. The largest absolute Gasteiger partial charge is 0.387 e. The summed E-state index contributed by atoms with van der Waals surface area (Å²) in [5, 5.41) is 9.75. The number of aliphatic hydroxyl groups excluding tert-OH is 1. The molecule has 0 saturated carbocycles. The molecule has 2 aliphatic rings. The summed E-state index contributed by atoms with van der Waals surface area (Å²) < 4.78 is 0. The third-order valence-electron chi connectivity index (χ3n) is 5.65. The molecule has 4 rings (SSSR count). The highest BCUT2D eigenvalue weighted by Gasteiger charge is 2.27. The monoisotopic (exact) mass is 337 g/mol. The molecule has 1 aromatic carbocycles. The van der Waals surface area contributed by atoms with Crippen molar-refractivity contribution in [2.24, 2.45) is 0 Å². The molecular formula is C21H27N3O. The summed E-state index contributed by atoms with van der Waals surface area (Å²) in [4.78, 5) is 9.65. The highest BCUT2D eigenvalue weighted by Crippen LogP contribution is 2.27. The van der Waals surface area contributed by atoms with E-state index < -0.39 is 6.10 Å². The van der Waals surface area contributed by atoms with E-state index >= 15 is 0 Å². The minimum Gasteiger partial charge on any atom is -0.387 e. The number of rotatable bonds is 3. The van der Waals surface area contributed by atoms with Crippen molar-refractivity contribution in [2.45, 2.75) is 44.9 Å². The zero-order valence-corrected chi connectivity index (χ0v) is 14.9. The maximum Gasteiger partial charge on any atom is 0.128 e. The molecule has 1 N–H and O–H groups in total. The minimum absolute atomic E-state index is 0.508. The average molecular weight is 337 g/mol. The van der Waals surface area contributed by atoms with Gasteiger partial charge in [-0.15, -0.1) is 0 Å². The Hall–Kier alpha value is -1.91. The van der Waals surface area contributed by atoms with Crippen molar-refractivity contribution >= 4 is 5.82 Å². The predicted octanol–water partition coefficient (Wildman–Crippen LogP) is 3.16. The van der Waals surface area contributed by atoms with Gasteiger partial charge in [0.25, 0.3) is 0 Å². The van der Waals surface area contributed by atoms with Gasteiger partial charge in [-0.05, 0) is 49.4 Å². The fraction of sp³-hybridized carbons (Fsp3) is 0.476. The Labute approximate surface area is 150 Å². The van der Waals surface area contributed by atoms with Crippen LogP contribution in [-0.2, 0) is 13.0 Å². The Morgan fingerprint density at radius 1 is 1.00 bits per heavy atom. The number of pyridine rings is 1. The van der Waals surface area contributed by atoms with Gasteiger partial charge in [0.05, 0.1) is 11.8 Å². The standard InChI is InChI=1S/C21H27N3O/c1-16(25)20-7-4-8-21(22-20)23-13-10-19(11-14-23)24-12-9-17-5-2-3-6-18(17)15-24/h2-8,16,19,25H,9-15H2,1H3/t16-/m0/s1. The van der Waals surface area contributed by atoms with Crippen LogP contribution in [0.15, 0.2) is 42.5 Å². The van der Waals surface area contributed by atoms with Gasteiger partial charge in [-0.3, -0.25) is 4.90 Å². The Kier molecular flexibility index (Phi) is 4.73. The topological polar surface area (TPSA) is 39.6 Å². The van der Waals surface area contributed by atoms with Crippen LogP contribution in [-0.4, -0.2) is 40.7 Å². The third-order valence-corrected chi connectivity index (χ3v) is 5.65. The predicted molar refractivity (Wildman–Crippen MR) is 101 cm³/mol. The smallest absolute Gasteiger partial charge is 0.128 e. The molecule has 25 heavy (non-hydrogen) atoms. The number of aliphatic hydroxyl groups is 1. The zero-order valence-electron chi connectivity index (χ0n) is 14.9.